The van der Waals surface area contributed by atoms with E-state index in [0.29, 0.717) is 17.7 Å². The van der Waals surface area contributed by atoms with Crippen molar-refractivity contribution in [3.8, 4) is 0 Å². The van der Waals surface area contributed by atoms with Gasteiger partial charge in [0.25, 0.3) is 5.91 Å². The zero-order valence-electron chi connectivity index (χ0n) is 11.4. The minimum Gasteiger partial charge on any atom is -0.462 e. The number of anilines is 1. The Labute approximate surface area is 120 Å². The largest absolute Gasteiger partial charge is 0.462 e. The summed E-state index contributed by atoms with van der Waals surface area (Å²) in [6, 6.07) is 7.19. The van der Waals surface area contributed by atoms with Crippen LogP contribution in [-0.4, -0.2) is 28.3 Å². The van der Waals surface area contributed by atoms with E-state index in [9.17, 15) is 9.59 Å². The monoisotopic (exact) mass is 286 g/mol. The Morgan fingerprint density at radius 2 is 2.19 bits per heavy atom. The van der Waals surface area contributed by atoms with E-state index in [1.807, 2.05) is 12.1 Å². The van der Waals surface area contributed by atoms with Crippen LogP contribution < -0.4 is 10.6 Å². The molecule has 0 aliphatic carbocycles. The standard InChI is InChI=1S/C14H14N4O3/c1-2-21-13(20)9-7-15-18(8-9)14-16-11-6-4-3-5-10(11)12(19)17-14/h3-8,14,16H,2H2,1H3,(H,17,19). The van der Waals surface area contributed by atoms with E-state index >= 15 is 0 Å². The van der Waals surface area contributed by atoms with E-state index in [-0.39, 0.29) is 5.91 Å². The summed E-state index contributed by atoms with van der Waals surface area (Å²) >= 11 is 0. The highest BCUT2D eigenvalue weighted by Crippen LogP contribution is 2.23. The maximum Gasteiger partial charge on any atom is 0.341 e. The summed E-state index contributed by atoms with van der Waals surface area (Å²) in [7, 11) is 0. The summed E-state index contributed by atoms with van der Waals surface area (Å²) in [6.45, 7) is 2.04. The topological polar surface area (TPSA) is 85.2 Å². The molecule has 0 spiro atoms. The number of nitrogens with one attached hydrogen (secondary N) is 2. The molecule has 1 aromatic heterocycles. The van der Waals surface area contributed by atoms with Gasteiger partial charge in [-0.2, -0.15) is 5.10 Å². The second-order valence-electron chi connectivity index (χ2n) is 4.50. The number of carbonyl (C=O) groups is 2. The van der Waals surface area contributed by atoms with Crippen molar-refractivity contribution < 1.29 is 14.3 Å². The summed E-state index contributed by atoms with van der Waals surface area (Å²) < 4.78 is 6.38. The first-order valence-electron chi connectivity index (χ1n) is 6.56. The Hall–Kier alpha value is -2.83. The fraction of sp³-hybridized carbons (Fsp3) is 0.214. The molecule has 108 valence electrons. The molecule has 1 atom stereocenters. The smallest absolute Gasteiger partial charge is 0.341 e. The van der Waals surface area contributed by atoms with Gasteiger partial charge in [-0.15, -0.1) is 0 Å². The quantitative estimate of drug-likeness (QED) is 0.832. The Bertz CT molecular complexity index is 695. The number of hydrogen-bond donors (Lipinski definition) is 2. The number of hydrogen-bond acceptors (Lipinski definition) is 5. The van der Waals surface area contributed by atoms with Crippen molar-refractivity contribution in [3.63, 3.8) is 0 Å². The molecule has 3 rings (SSSR count). The van der Waals surface area contributed by atoms with Gasteiger partial charge < -0.3 is 15.4 Å². The third kappa shape index (κ3) is 2.45. The van der Waals surface area contributed by atoms with E-state index < -0.39 is 12.3 Å². The summed E-state index contributed by atoms with van der Waals surface area (Å²) in [5.41, 5.74) is 1.64. The lowest BCUT2D eigenvalue weighted by molar-refractivity contribution is 0.0526. The maximum atomic E-state index is 12.0. The number of ether oxygens (including phenoxy) is 1. The molecule has 1 unspecified atom stereocenters. The average molecular weight is 286 g/mol. The van der Waals surface area contributed by atoms with Crippen LogP contribution in [0.1, 0.15) is 33.9 Å². The number of aromatic nitrogens is 2. The molecular formula is C14H14N4O3. The summed E-state index contributed by atoms with van der Waals surface area (Å²) in [5.74, 6) is -0.631. The molecular weight excluding hydrogens is 272 g/mol. The molecule has 2 heterocycles. The van der Waals surface area contributed by atoms with Crippen LogP contribution >= 0.6 is 0 Å². The number of esters is 1. The predicted octanol–water partition coefficient (Wildman–Crippen LogP) is 1.37. The summed E-state index contributed by atoms with van der Waals surface area (Å²) in [5, 5.41) is 10.0. The highest BCUT2D eigenvalue weighted by Gasteiger charge is 2.25. The molecule has 21 heavy (non-hydrogen) atoms. The third-order valence-corrected chi connectivity index (χ3v) is 3.11. The summed E-state index contributed by atoms with van der Waals surface area (Å²) in [6.07, 6.45) is 2.39. The van der Waals surface area contributed by atoms with E-state index in [1.54, 1.807) is 19.1 Å². The van der Waals surface area contributed by atoms with Crippen molar-refractivity contribution in [1.29, 1.82) is 0 Å². The van der Waals surface area contributed by atoms with E-state index in [4.69, 9.17) is 4.74 Å². The minimum absolute atomic E-state index is 0.192. The molecule has 2 N–H and O–H groups in total. The molecule has 7 nitrogen and oxygen atoms in total. The number of fused-ring (bicyclic) bond motifs is 1. The molecule has 0 fully saturated rings. The van der Waals surface area contributed by atoms with Gasteiger partial charge in [0, 0.05) is 11.9 Å². The Morgan fingerprint density at radius 3 is 3.00 bits per heavy atom. The zero-order valence-corrected chi connectivity index (χ0v) is 11.4. The number of benzene rings is 1. The van der Waals surface area contributed by atoms with E-state index in [1.165, 1.54) is 17.1 Å². The number of rotatable bonds is 3. The van der Waals surface area contributed by atoms with Gasteiger partial charge in [-0.3, -0.25) is 4.79 Å². The van der Waals surface area contributed by atoms with Crippen LogP contribution in [0.4, 0.5) is 5.69 Å². The SMILES string of the molecule is CCOC(=O)c1cnn(C2NC(=O)c3ccccc3N2)c1. The molecule has 0 bridgehead atoms. The van der Waals surface area contributed by atoms with Crippen LogP contribution in [0.3, 0.4) is 0 Å². The van der Waals surface area contributed by atoms with E-state index in [0.717, 1.165) is 5.69 Å². The van der Waals surface area contributed by atoms with Crippen LogP contribution in [0.2, 0.25) is 0 Å². The van der Waals surface area contributed by atoms with Crippen molar-refractivity contribution in [2.45, 2.75) is 13.2 Å². The second kappa shape index (κ2) is 5.28. The van der Waals surface area contributed by atoms with Gasteiger partial charge in [0.1, 0.15) is 0 Å². The second-order valence-corrected chi connectivity index (χ2v) is 4.50. The lowest BCUT2D eigenvalue weighted by atomic mass is 10.1. The van der Waals surface area contributed by atoms with Gasteiger partial charge in [-0.1, -0.05) is 12.1 Å². The van der Waals surface area contributed by atoms with Crippen molar-refractivity contribution in [1.82, 2.24) is 15.1 Å². The first-order chi connectivity index (χ1) is 10.2. The molecule has 0 radical (unpaired) electrons. The van der Waals surface area contributed by atoms with Gasteiger partial charge in [-0.25, -0.2) is 9.48 Å². The number of carbonyl (C=O) groups excluding carboxylic acids is 2. The highest BCUT2D eigenvalue weighted by molar-refractivity contribution is 6.01. The van der Waals surface area contributed by atoms with E-state index in [2.05, 4.69) is 15.7 Å². The third-order valence-electron chi connectivity index (χ3n) is 3.11. The zero-order chi connectivity index (χ0) is 14.8. The lowest BCUT2D eigenvalue weighted by Gasteiger charge is -2.27. The van der Waals surface area contributed by atoms with Crippen molar-refractivity contribution in [3.05, 3.63) is 47.8 Å². The molecule has 7 heteroatoms. The predicted molar refractivity (Wildman–Crippen MR) is 74.8 cm³/mol. The van der Waals surface area contributed by atoms with Crippen molar-refractivity contribution in [2.24, 2.45) is 0 Å². The molecule has 1 amide bonds. The van der Waals surface area contributed by atoms with Gasteiger partial charge in [0.05, 0.1) is 23.9 Å². The van der Waals surface area contributed by atoms with Crippen molar-refractivity contribution in [2.75, 3.05) is 11.9 Å². The Balaban J connectivity index is 1.83. The van der Waals surface area contributed by atoms with Gasteiger partial charge in [-0.05, 0) is 19.1 Å². The van der Waals surface area contributed by atoms with Crippen LogP contribution in [0.15, 0.2) is 36.7 Å². The van der Waals surface area contributed by atoms with Crippen LogP contribution in [0.5, 0.6) is 0 Å². The summed E-state index contributed by atoms with van der Waals surface area (Å²) in [4.78, 5) is 23.6. The highest BCUT2D eigenvalue weighted by atomic mass is 16.5. The normalized spacial score (nSPS) is 16.6. The molecule has 1 aliphatic heterocycles. The number of nitrogens with zero attached hydrogens (tertiary/aromatic N) is 2. The molecule has 2 aromatic rings. The maximum absolute atomic E-state index is 12.0. The first-order valence-corrected chi connectivity index (χ1v) is 6.56. The van der Waals surface area contributed by atoms with Crippen LogP contribution in [0.25, 0.3) is 0 Å². The lowest BCUT2D eigenvalue weighted by Crippen LogP contribution is -2.42. The van der Waals surface area contributed by atoms with Crippen molar-refractivity contribution >= 4 is 17.6 Å². The number of amides is 1. The Morgan fingerprint density at radius 1 is 1.38 bits per heavy atom. The molecule has 0 saturated carbocycles. The average Bonchev–Trinajstić information content (AvgIpc) is 2.97. The fourth-order valence-corrected chi connectivity index (χ4v) is 2.12. The van der Waals surface area contributed by atoms with Gasteiger partial charge in [0.15, 0.2) is 6.29 Å². The first kappa shape index (κ1) is 13.2. The van der Waals surface area contributed by atoms with Crippen LogP contribution in [-0.2, 0) is 4.74 Å². The fourth-order valence-electron chi connectivity index (χ4n) is 2.12. The molecule has 0 saturated heterocycles. The number of para-hydroxylation sites is 1. The van der Waals surface area contributed by atoms with Gasteiger partial charge in [0.2, 0.25) is 0 Å². The molecule has 1 aromatic carbocycles. The molecule has 1 aliphatic rings. The Kier molecular flexibility index (Phi) is 3.31. The van der Waals surface area contributed by atoms with Gasteiger partial charge >= 0.3 is 5.97 Å². The minimum atomic E-state index is -0.546. The van der Waals surface area contributed by atoms with Crippen LogP contribution in [0, 0.1) is 0 Å².